The molecule has 0 aromatic rings. The fraction of sp³-hybridized carbons (Fsp3) is 0.828. The highest BCUT2D eigenvalue weighted by molar-refractivity contribution is 7.90. The van der Waals surface area contributed by atoms with E-state index in [1.807, 2.05) is 48.5 Å². The van der Waals surface area contributed by atoms with E-state index in [0.717, 1.165) is 0 Å². The summed E-state index contributed by atoms with van der Waals surface area (Å²) >= 11 is 0. The lowest BCUT2D eigenvalue weighted by atomic mass is 9.85. The number of nitrogens with one attached hydrogen (secondary N) is 4. The van der Waals surface area contributed by atoms with E-state index in [4.69, 9.17) is 5.73 Å². The van der Waals surface area contributed by atoms with Crippen LogP contribution in [0.5, 0.6) is 0 Å². The Morgan fingerprint density at radius 3 is 2.07 bits per heavy atom. The zero-order chi connectivity index (χ0) is 32.2. The Morgan fingerprint density at radius 2 is 1.58 bits per heavy atom. The minimum atomic E-state index is -3.43. The fourth-order valence-corrected chi connectivity index (χ4v) is 7.75. The number of hydrogen-bond acceptors (Lipinski definition) is 7. The number of nitrogens with zero attached hydrogens (tertiary/aromatic N) is 1. The second kappa shape index (κ2) is 11.6. The van der Waals surface area contributed by atoms with Gasteiger partial charge in [-0.15, -0.1) is 0 Å². The normalized spacial score (nSPS) is 26.6. The van der Waals surface area contributed by atoms with Crippen molar-refractivity contribution in [2.75, 3.05) is 13.1 Å². The van der Waals surface area contributed by atoms with Gasteiger partial charge in [0.05, 0.1) is 5.25 Å². The molecule has 14 heteroatoms. The number of fused-ring (bicyclic) bond motifs is 1. The van der Waals surface area contributed by atoms with E-state index in [1.54, 1.807) is 0 Å². The largest absolute Gasteiger partial charge is 0.363 e. The van der Waals surface area contributed by atoms with Crippen LogP contribution < -0.4 is 26.4 Å². The highest BCUT2D eigenvalue weighted by atomic mass is 32.2. The minimum absolute atomic E-state index is 0.0248. The Morgan fingerprint density at radius 1 is 0.977 bits per heavy atom. The molecule has 5 amide bonds. The number of amides is 5. The molecule has 43 heavy (non-hydrogen) atoms. The van der Waals surface area contributed by atoms with Crippen LogP contribution in [0.1, 0.15) is 74.1 Å². The van der Waals surface area contributed by atoms with E-state index in [9.17, 15) is 32.4 Å². The Kier molecular flexibility index (Phi) is 8.98. The van der Waals surface area contributed by atoms with E-state index in [0.29, 0.717) is 32.2 Å². The summed E-state index contributed by atoms with van der Waals surface area (Å²) < 4.78 is 27.2. The Balaban J connectivity index is 1.48. The number of piperidine rings is 1. The first-order chi connectivity index (χ1) is 19.8. The second-order valence-electron chi connectivity index (χ2n) is 14.8. The smallest absolute Gasteiger partial charge is 0.315 e. The number of primary amides is 1. The molecule has 0 aromatic carbocycles. The summed E-state index contributed by atoms with van der Waals surface area (Å²) in [6.45, 7) is 13.6. The standard InChI is InChI=1S/C29H48N6O7S/c1-14(2)18(12-31-43(41,42)16-10-11-16)32-27(40)34-23(28(3,4)5)26(39)35-13-17-19(29(17,6)7)21(35)25(38)33-20(15-8-9-15)22(36)24(30)37/h14-21,23,31H,8-13H2,1-7H3,(H2,30,37)(H,33,38)(H2,32,34,40)/t17-,18+,19-,20?,21-,23+/m0/s1. The number of rotatable bonds is 13. The summed E-state index contributed by atoms with van der Waals surface area (Å²) in [5.74, 6) is -3.21. The number of hydrogen-bond donors (Lipinski definition) is 5. The van der Waals surface area contributed by atoms with Crippen molar-refractivity contribution in [1.29, 1.82) is 0 Å². The van der Waals surface area contributed by atoms with Crippen molar-refractivity contribution in [3.8, 4) is 0 Å². The molecule has 6 N–H and O–H groups in total. The molecule has 0 bridgehead atoms. The Bertz CT molecular complexity index is 1270. The highest BCUT2D eigenvalue weighted by Crippen LogP contribution is 2.65. The topological polar surface area (TPSA) is 197 Å². The molecular weight excluding hydrogens is 576 g/mol. The van der Waals surface area contributed by atoms with Gasteiger partial charge in [0.15, 0.2) is 0 Å². The van der Waals surface area contributed by atoms with E-state index < -0.39 is 69.1 Å². The van der Waals surface area contributed by atoms with Crippen molar-refractivity contribution in [3.63, 3.8) is 0 Å². The maximum absolute atomic E-state index is 14.1. The summed E-state index contributed by atoms with van der Waals surface area (Å²) in [5.41, 5.74) is 4.31. The van der Waals surface area contributed by atoms with Crippen LogP contribution in [0.4, 0.5) is 4.79 Å². The second-order valence-corrected chi connectivity index (χ2v) is 16.8. The van der Waals surface area contributed by atoms with Crippen LogP contribution >= 0.6 is 0 Å². The molecule has 242 valence electrons. The highest BCUT2D eigenvalue weighted by Gasteiger charge is 2.70. The summed E-state index contributed by atoms with van der Waals surface area (Å²) in [4.78, 5) is 66.7. The van der Waals surface area contributed by atoms with Crippen molar-refractivity contribution in [2.24, 2.45) is 40.2 Å². The molecule has 3 saturated carbocycles. The third-order valence-corrected chi connectivity index (χ3v) is 11.6. The molecule has 1 saturated heterocycles. The van der Waals surface area contributed by atoms with Crippen molar-refractivity contribution >= 4 is 39.6 Å². The maximum atomic E-state index is 14.1. The molecular formula is C29H48N6O7S. The molecule has 4 aliphatic rings. The van der Waals surface area contributed by atoms with Gasteiger partial charge < -0.3 is 26.6 Å². The van der Waals surface area contributed by atoms with Gasteiger partial charge in [-0.1, -0.05) is 48.5 Å². The monoisotopic (exact) mass is 624 g/mol. The molecule has 1 heterocycles. The van der Waals surface area contributed by atoms with E-state index >= 15 is 0 Å². The van der Waals surface area contributed by atoms with Gasteiger partial charge in [0.25, 0.3) is 5.91 Å². The van der Waals surface area contributed by atoms with Crippen molar-refractivity contribution in [3.05, 3.63) is 0 Å². The van der Waals surface area contributed by atoms with Gasteiger partial charge >= 0.3 is 6.03 Å². The predicted octanol–water partition coefficient (Wildman–Crippen LogP) is 0.239. The number of ketones is 1. The van der Waals surface area contributed by atoms with Crippen LogP contribution in [0.25, 0.3) is 0 Å². The van der Waals surface area contributed by atoms with Crippen molar-refractivity contribution < 1.29 is 32.4 Å². The number of nitrogens with two attached hydrogens (primary N) is 1. The van der Waals surface area contributed by atoms with Gasteiger partial charge in [0, 0.05) is 19.1 Å². The molecule has 1 unspecified atom stereocenters. The Hall–Kier alpha value is -2.74. The molecule has 3 aliphatic carbocycles. The zero-order valence-electron chi connectivity index (χ0n) is 26.2. The number of urea groups is 1. The molecule has 0 aromatic heterocycles. The minimum Gasteiger partial charge on any atom is -0.363 e. The van der Waals surface area contributed by atoms with Crippen LogP contribution in [0.2, 0.25) is 0 Å². The predicted molar refractivity (Wildman–Crippen MR) is 159 cm³/mol. The van der Waals surface area contributed by atoms with Gasteiger partial charge in [-0.25, -0.2) is 17.9 Å². The molecule has 0 spiro atoms. The lowest BCUT2D eigenvalue weighted by molar-refractivity contribution is -0.145. The number of sulfonamides is 1. The molecule has 13 nitrogen and oxygen atoms in total. The third kappa shape index (κ3) is 7.16. The third-order valence-electron chi connectivity index (χ3n) is 9.65. The number of carbonyl (C=O) groups excluding carboxylic acids is 5. The summed E-state index contributed by atoms with van der Waals surface area (Å²) in [7, 11) is -3.43. The van der Waals surface area contributed by atoms with E-state index in [1.165, 1.54) is 4.90 Å². The van der Waals surface area contributed by atoms with Gasteiger partial charge in [0.2, 0.25) is 27.6 Å². The fourth-order valence-electron chi connectivity index (χ4n) is 6.34. The van der Waals surface area contributed by atoms with Crippen LogP contribution in [-0.2, 0) is 29.2 Å². The molecule has 4 rings (SSSR count). The van der Waals surface area contributed by atoms with Crippen LogP contribution in [0.15, 0.2) is 0 Å². The molecule has 4 fully saturated rings. The first kappa shape index (κ1) is 33.2. The van der Waals surface area contributed by atoms with E-state index in [2.05, 4.69) is 20.7 Å². The lowest BCUT2D eigenvalue weighted by Crippen LogP contribution is -2.62. The quantitative estimate of drug-likeness (QED) is 0.181. The van der Waals surface area contributed by atoms with Crippen LogP contribution in [0, 0.1) is 34.5 Å². The van der Waals surface area contributed by atoms with Crippen molar-refractivity contribution in [1.82, 2.24) is 25.6 Å². The van der Waals surface area contributed by atoms with Gasteiger partial charge in [-0.3, -0.25) is 19.2 Å². The number of Topliss-reactive ketones (excluding diaryl/α,β-unsaturated/α-hetero) is 1. The first-order valence-electron chi connectivity index (χ1n) is 15.3. The zero-order valence-corrected chi connectivity index (χ0v) is 27.0. The lowest BCUT2D eigenvalue weighted by Gasteiger charge is -2.38. The maximum Gasteiger partial charge on any atom is 0.315 e. The average Bonchev–Trinajstić information content (AvgIpc) is 3.81. The van der Waals surface area contributed by atoms with Crippen LogP contribution in [-0.4, -0.2) is 85.4 Å². The number of carbonyl (C=O) groups is 5. The molecule has 6 atom stereocenters. The van der Waals surface area contributed by atoms with E-state index in [-0.39, 0.29) is 40.9 Å². The average molecular weight is 625 g/mol. The number of likely N-dealkylation sites (tertiary alicyclic amines) is 1. The van der Waals surface area contributed by atoms with Gasteiger partial charge in [-0.2, -0.15) is 0 Å². The SMILES string of the molecule is CC(C)[C@@H](CNS(=O)(=O)C1CC1)NC(=O)N[C@H](C(=O)N1C[C@H]2[C@@H]([C@H]1C(=O)NC(C(=O)C(N)=O)C1CC1)C2(C)C)C(C)(C)C. The van der Waals surface area contributed by atoms with Gasteiger partial charge in [0.1, 0.15) is 18.1 Å². The first-order valence-corrected chi connectivity index (χ1v) is 16.8. The molecule has 1 aliphatic heterocycles. The van der Waals surface area contributed by atoms with Gasteiger partial charge in [-0.05, 0) is 60.2 Å². The van der Waals surface area contributed by atoms with Crippen molar-refractivity contribution in [2.45, 2.75) is 104 Å². The molecule has 0 radical (unpaired) electrons. The summed E-state index contributed by atoms with van der Waals surface area (Å²) in [5, 5.41) is 7.98. The summed E-state index contributed by atoms with van der Waals surface area (Å²) in [6, 6.07) is -4.04. The Labute approximate surface area is 254 Å². The van der Waals surface area contributed by atoms with Crippen LogP contribution in [0.3, 0.4) is 0 Å². The summed E-state index contributed by atoms with van der Waals surface area (Å²) in [6.07, 6.45) is 2.64.